The van der Waals surface area contributed by atoms with Crippen molar-refractivity contribution in [2.75, 3.05) is 6.61 Å². The maximum absolute atomic E-state index is 11.9. The lowest BCUT2D eigenvalue weighted by molar-refractivity contribution is -0.120. The Morgan fingerprint density at radius 2 is 2.00 bits per heavy atom. The maximum Gasteiger partial charge on any atom is 0.221 e. The SMILES string of the molecule is CC1OCCC12CC(=O)NC21CCCCC1. The van der Waals surface area contributed by atoms with E-state index in [0.29, 0.717) is 6.42 Å². The zero-order chi connectivity index (χ0) is 11.2. The van der Waals surface area contributed by atoms with Crippen LogP contribution in [0.3, 0.4) is 0 Å². The minimum atomic E-state index is 0.0677. The van der Waals surface area contributed by atoms with Crippen molar-refractivity contribution in [3.63, 3.8) is 0 Å². The molecule has 3 nitrogen and oxygen atoms in total. The number of amides is 1. The molecule has 0 radical (unpaired) electrons. The number of rotatable bonds is 0. The van der Waals surface area contributed by atoms with Crippen molar-refractivity contribution in [2.24, 2.45) is 5.41 Å². The summed E-state index contributed by atoms with van der Waals surface area (Å²) in [4.78, 5) is 11.9. The van der Waals surface area contributed by atoms with Gasteiger partial charge in [0, 0.05) is 24.0 Å². The Labute approximate surface area is 96.9 Å². The molecule has 1 N–H and O–H groups in total. The topological polar surface area (TPSA) is 38.3 Å². The molecule has 2 saturated heterocycles. The first kappa shape index (κ1) is 10.6. The first-order valence-corrected chi connectivity index (χ1v) is 6.61. The molecule has 0 aromatic carbocycles. The summed E-state index contributed by atoms with van der Waals surface area (Å²) in [6.45, 7) is 2.99. The van der Waals surface area contributed by atoms with Crippen LogP contribution in [0.25, 0.3) is 0 Å². The summed E-state index contributed by atoms with van der Waals surface area (Å²) in [5, 5.41) is 3.31. The molecule has 3 heteroatoms. The number of nitrogens with one attached hydrogen (secondary N) is 1. The largest absolute Gasteiger partial charge is 0.378 e. The van der Waals surface area contributed by atoms with Gasteiger partial charge in [0.15, 0.2) is 0 Å². The molecule has 2 heterocycles. The van der Waals surface area contributed by atoms with Gasteiger partial charge < -0.3 is 10.1 Å². The summed E-state index contributed by atoms with van der Waals surface area (Å²) in [6, 6.07) is 0. The first-order valence-electron chi connectivity index (χ1n) is 6.61. The minimum Gasteiger partial charge on any atom is -0.378 e. The molecule has 0 aromatic rings. The summed E-state index contributed by atoms with van der Waals surface area (Å²) in [5.41, 5.74) is 0.169. The molecule has 3 rings (SSSR count). The fourth-order valence-electron chi connectivity index (χ4n) is 4.31. The van der Waals surface area contributed by atoms with Crippen molar-refractivity contribution in [1.82, 2.24) is 5.32 Å². The Balaban J connectivity index is 1.98. The second-order valence-electron chi connectivity index (χ2n) is 5.79. The highest BCUT2D eigenvalue weighted by Gasteiger charge is 2.62. The third kappa shape index (κ3) is 1.21. The van der Waals surface area contributed by atoms with E-state index >= 15 is 0 Å². The Bertz CT molecular complexity index is 309. The van der Waals surface area contributed by atoms with E-state index in [1.165, 1.54) is 19.3 Å². The molecular formula is C13H21NO2. The molecule has 1 amide bonds. The van der Waals surface area contributed by atoms with Crippen molar-refractivity contribution >= 4 is 5.91 Å². The lowest BCUT2D eigenvalue weighted by Gasteiger charge is -2.47. The molecule has 2 spiro atoms. The van der Waals surface area contributed by atoms with Gasteiger partial charge in [-0.1, -0.05) is 19.3 Å². The van der Waals surface area contributed by atoms with Crippen molar-refractivity contribution in [3.05, 3.63) is 0 Å². The van der Waals surface area contributed by atoms with Crippen molar-refractivity contribution in [2.45, 2.75) is 63.5 Å². The number of hydrogen-bond donors (Lipinski definition) is 1. The van der Waals surface area contributed by atoms with Gasteiger partial charge in [-0.3, -0.25) is 4.79 Å². The van der Waals surface area contributed by atoms with Crippen LogP contribution in [0, 0.1) is 5.41 Å². The van der Waals surface area contributed by atoms with Gasteiger partial charge >= 0.3 is 0 Å². The average Bonchev–Trinajstić information content (AvgIpc) is 2.74. The van der Waals surface area contributed by atoms with Crippen LogP contribution in [-0.4, -0.2) is 24.2 Å². The predicted molar refractivity (Wildman–Crippen MR) is 61.0 cm³/mol. The fourth-order valence-corrected chi connectivity index (χ4v) is 4.31. The lowest BCUT2D eigenvalue weighted by Crippen LogP contribution is -2.56. The number of fused-ring (bicyclic) bond motifs is 1. The summed E-state index contributed by atoms with van der Waals surface area (Å²) in [5.74, 6) is 0.249. The standard InChI is InChI=1S/C13H21NO2/c1-10-12(7-8-16-10)9-11(15)14-13(12)5-3-2-4-6-13/h10H,2-9H2,1H3,(H,14,15). The Kier molecular flexibility index (Phi) is 2.29. The van der Waals surface area contributed by atoms with E-state index in [1.807, 2.05) is 0 Å². The molecule has 0 bridgehead atoms. The highest BCUT2D eigenvalue weighted by Crippen LogP contribution is 2.55. The van der Waals surface area contributed by atoms with Crippen molar-refractivity contribution in [3.8, 4) is 0 Å². The molecule has 2 unspecified atom stereocenters. The van der Waals surface area contributed by atoms with Gasteiger partial charge in [-0.25, -0.2) is 0 Å². The third-order valence-corrected chi connectivity index (χ3v) is 5.21. The molecule has 2 aliphatic heterocycles. The van der Waals surface area contributed by atoms with E-state index in [4.69, 9.17) is 4.74 Å². The molecule has 3 fully saturated rings. The Morgan fingerprint density at radius 1 is 1.25 bits per heavy atom. The lowest BCUT2D eigenvalue weighted by atomic mass is 9.60. The highest BCUT2D eigenvalue weighted by molar-refractivity contribution is 5.81. The van der Waals surface area contributed by atoms with Gasteiger partial charge in [-0.2, -0.15) is 0 Å². The monoisotopic (exact) mass is 223 g/mol. The van der Waals surface area contributed by atoms with Crippen LogP contribution in [0.2, 0.25) is 0 Å². The number of carbonyl (C=O) groups is 1. The predicted octanol–water partition coefficient (Wildman–Crippen LogP) is 2.00. The Hall–Kier alpha value is -0.570. The normalized spacial score (nSPS) is 41.8. The van der Waals surface area contributed by atoms with E-state index in [1.54, 1.807) is 0 Å². The van der Waals surface area contributed by atoms with Gasteiger partial charge in [-0.05, 0) is 26.2 Å². The van der Waals surface area contributed by atoms with Crippen LogP contribution in [-0.2, 0) is 9.53 Å². The van der Waals surface area contributed by atoms with E-state index in [-0.39, 0.29) is 23.0 Å². The Morgan fingerprint density at radius 3 is 2.62 bits per heavy atom. The van der Waals surface area contributed by atoms with E-state index in [2.05, 4.69) is 12.2 Å². The van der Waals surface area contributed by atoms with Crippen LogP contribution in [0.1, 0.15) is 51.9 Å². The molecule has 90 valence electrons. The number of ether oxygens (including phenoxy) is 1. The molecule has 3 aliphatic rings. The van der Waals surface area contributed by atoms with Crippen molar-refractivity contribution < 1.29 is 9.53 Å². The fraction of sp³-hybridized carbons (Fsp3) is 0.923. The van der Waals surface area contributed by atoms with Crippen LogP contribution in [0.4, 0.5) is 0 Å². The molecular weight excluding hydrogens is 202 g/mol. The van der Waals surface area contributed by atoms with Gasteiger partial charge in [-0.15, -0.1) is 0 Å². The smallest absolute Gasteiger partial charge is 0.221 e. The quantitative estimate of drug-likeness (QED) is 0.682. The van der Waals surface area contributed by atoms with E-state index < -0.39 is 0 Å². The second kappa shape index (κ2) is 3.46. The number of carbonyl (C=O) groups excluding carboxylic acids is 1. The molecule has 2 atom stereocenters. The maximum atomic E-state index is 11.9. The van der Waals surface area contributed by atoms with Gasteiger partial charge in [0.2, 0.25) is 5.91 Å². The van der Waals surface area contributed by atoms with Crippen LogP contribution >= 0.6 is 0 Å². The summed E-state index contributed by atoms with van der Waals surface area (Å²) in [6.07, 6.45) is 8.15. The van der Waals surface area contributed by atoms with Gasteiger partial charge in [0.25, 0.3) is 0 Å². The average molecular weight is 223 g/mol. The van der Waals surface area contributed by atoms with Crippen LogP contribution in [0.5, 0.6) is 0 Å². The second-order valence-corrected chi connectivity index (χ2v) is 5.79. The minimum absolute atomic E-state index is 0.0677. The third-order valence-electron chi connectivity index (χ3n) is 5.21. The zero-order valence-corrected chi connectivity index (χ0v) is 10.1. The summed E-state index contributed by atoms with van der Waals surface area (Å²) >= 11 is 0. The molecule has 1 saturated carbocycles. The number of hydrogen-bond acceptors (Lipinski definition) is 2. The van der Waals surface area contributed by atoms with Crippen LogP contribution in [0.15, 0.2) is 0 Å². The molecule has 1 aliphatic carbocycles. The summed E-state index contributed by atoms with van der Waals surface area (Å²) in [7, 11) is 0. The van der Waals surface area contributed by atoms with Crippen LogP contribution < -0.4 is 5.32 Å². The molecule has 16 heavy (non-hydrogen) atoms. The molecule has 0 aromatic heterocycles. The van der Waals surface area contributed by atoms with E-state index in [9.17, 15) is 4.79 Å². The zero-order valence-electron chi connectivity index (χ0n) is 10.1. The van der Waals surface area contributed by atoms with E-state index in [0.717, 1.165) is 25.9 Å². The first-order chi connectivity index (χ1) is 7.69. The summed E-state index contributed by atoms with van der Waals surface area (Å²) < 4.78 is 5.77. The highest BCUT2D eigenvalue weighted by atomic mass is 16.5. The van der Waals surface area contributed by atoms with Gasteiger partial charge in [0.1, 0.15) is 0 Å². The van der Waals surface area contributed by atoms with Crippen molar-refractivity contribution in [1.29, 1.82) is 0 Å². The van der Waals surface area contributed by atoms with Gasteiger partial charge in [0.05, 0.1) is 6.10 Å².